The highest BCUT2D eigenvalue weighted by Gasteiger charge is 2.17. The number of carboxylic acids is 1. The molecule has 5 rings (SSSR count). The number of carboxylic acid groups (broad SMARTS) is 1. The van der Waals surface area contributed by atoms with Crippen LogP contribution in [0.4, 0.5) is 8.78 Å². The van der Waals surface area contributed by atoms with Gasteiger partial charge in [-0.2, -0.15) is 5.26 Å². The van der Waals surface area contributed by atoms with Gasteiger partial charge >= 0.3 is 5.97 Å². The number of methoxy groups -OCH3 is 1. The Morgan fingerprint density at radius 2 is 1.86 bits per heavy atom. The van der Waals surface area contributed by atoms with Crippen LogP contribution in [0, 0.1) is 29.9 Å². The van der Waals surface area contributed by atoms with E-state index in [9.17, 15) is 14.3 Å². The average molecular weight is 569 g/mol. The van der Waals surface area contributed by atoms with E-state index in [1.807, 2.05) is 17.6 Å². The van der Waals surface area contributed by atoms with Crippen LogP contribution in [0.3, 0.4) is 0 Å². The molecule has 0 amide bonds. The molecular weight excluding hydrogens is 542 g/mol. The first-order valence-electron chi connectivity index (χ1n) is 13.1. The molecule has 2 aromatic heterocycles. The predicted octanol–water partition coefficient (Wildman–Crippen LogP) is 6.07. The lowest BCUT2D eigenvalue weighted by Gasteiger charge is -2.13. The number of aromatic nitrogens is 3. The second-order valence-corrected chi connectivity index (χ2v) is 9.68. The van der Waals surface area contributed by atoms with Gasteiger partial charge in [-0.15, -0.1) is 0 Å². The van der Waals surface area contributed by atoms with Gasteiger partial charge in [0.1, 0.15) is 24.1 Å². The van der Waals surface area contributed by atoms with Gasteiger partial charge in [0.2, 0.25) is 5.88 Å². The van der Waals surface area contributed by atoms with Gasteiger partial charge in [-0.1, -0.05) is 12.1 Å². The van der Waals surface area contributed by atoms with Crippen molar-refractivity contribution in [3.8, 4) is 23.2 Å². The second-order valence-electron chi connectivity index (χ2n) is 9.68. The molecule has 0 aliphatic heterocycles. The maximum Gasteiger partial charge on any atom is 0.335 e. The number of rotatable bonds is 10. The van der Waals surface area contributed by atoms with Gasteiger partial charge in [-0.05, 0) is 66.6 Å². The number of ether oxygens (including phenoxy) is 2. The molecule has 2 heterocycles. The summed E-state index contributed by atoms with van der Waals surface area (Å²) in [7, 11) is 1.58. The summed E-state index contributed by atoms with van der Waals surface area (Å²) in [5.41, 5.74) is 4.11. The molecule has 0 saturated carbocycles. The van der Waals surface area contributed by atoms with E-state index in [-0.39, 0.29) is 34.7 Å². The summed E-state index contributed by atoms with van der Waals surface area (Å²) in [6, 6.07) is 18.9. The van der Waals surface area contributed by atoms with E-state index < -0.39 is 17.6 Å². The number of hydrogen-bond acceptors (Lipinski definition) is 6. The van der Waals surface area contributed by atoms with Gasteiger partial charge in [0.25, 0.3) is 0 Å². The number of halogens is 2. The Balaban J connectivity index is 1.40. The third-order valence-electron chi connectivity index (χ3n) is 6.92. The van der Waals surface area contributed by atoms with Crippen LogP contribution >= 0.6 is 0 Å². The van der Waals surface area contributed by atoms with Crippen LogP contribution < -0.4 is 4.74 Å². The molecule has 0 saturated heterocycles. The van der Waals surface area contributed by atoms with E-state index in [1.54, 1.807) is 43.5 Å². The van der Waals surface area contributed by atoms with Gasteiger partial charge in [0.05, 0.1) is 40.5 Å². The number of nitrogens with zero attached hydrogens (tertiary/aromatic N) is 4. The fourth-order valence-corrected chi connectivity index (χ4v) is 4.68. The predicted molar refractivity (Wildman–Crippen MR) is 151 cm³/mol. The monoisotopic (exact) mass is 568 g/mol. The molecule has 10 heteroatoms. The summed E-state index contributed by atoms with van der Waals surface area (Å²) >= 11 is 0. The average Bonchev–Trinajstić information content (AvgIpc) is 3.33. The number of imidazole rings is 1. The Kier molecular flexibility index (Phi) is 8.22. The molecule has 212 valence electrons. The van der Waals surface area contributed by atoms with Crippen molar-refractivity contribution in [3.05, 3.63) is 112 Å². The summed E-state index contributed by atoms with van der Waals surface area (Å²) in [5, 5.41) is 18.4. The molecule has 0 bridgehead atoms. The fourth-order valence-electron chi connectivity index (χ4n) is 4.68. The number of aromatic carboxylic acids is 1. The molecule has 0 aliphatic rings. The normalized spacial score (nSPS) is 11.0. The maximum absolute atomic E-state index is 15.5. The summed E-state index contributed by atoms with van der Waals surface area (Å²) in [4.78, 5) is 20.6. The molecule has 0 spiro atoms. The van der Waals surface area contributed by atoms with Crippen molar-refractivity contribution in [2.45, 2.75) is 26.5 Å². The Hall–Kier alpha value is -5.14. The molecule has 3 aromatic carbocycles. The maximum atomic E-state index is 15.5. The lowest BCUT2D eigenvalue weighted by molar-refractivity contribution is 0.0697. The SMILES string of the molecule is COCCn1c(Cc2cc(F)c(-c3cccc(OCc4ccc(C#N)cc4F)n3)cc2C)nc2ccc(C(=O)O)cc21. The Bertz CT molecular complexity index is 1850. The minimum Gasteiger partial charge on any atom is -0.478 e. The van der Waals surface area contributed by atoms with Crippen molar-refractivity contribution in [1.29, 1.82) is 5.26 Å². The van der Waals surface area contributed by atoms with E-state index in [1.165, 1.54) is 24.3 Å². The Morgan fingerprint density at radius 1 is 1.02 bits per heavy atom. The smallest absolute Gasteiger partial charge is 0.335 e. The lowest BCUT2D eigenvalue weighted by Crippen LogP contribution is -2.10. The third kappa shape index (κ3) is 5.96. The first kappa shape index (κ1) is 28.4. The number of aryl methyl sites for hydroxylation is 1. The standard InChI is InChI=1S/C32H26F2N4O4/c1-19-12-24(27-4-3-5-31(37-27)42-18-22-7-6-20(17-35)13-25(22)33)26(34)14-23(19)16-30-36-28-9-8-21(32(39)40)15-29(28)38(30)10-11-41-2/h3-9,12-15H,10-11,16,18H2,1-2H3,(H,39,40). The zero-order valence-corrected chi connectivity index (χ0v) is 22.9. The highest BCUT2D eigenvalue weighted by molar-refractivity contribution is 5.92. The zero-order valence-electron chi connectivity index (χ0n) is 22.9. The molecule has 0 atom stereocenters. The van der Waals surface area contributed by atoms with Crippen LogP contribution in [0.2, 0.25) is 0 Å². The van der Waals surface area contributed by atoms with Crippen LogP contribution in [0.25, 0.3) is 22.3 Å². The zero-order chi connectivity index (χ0) is 29.8. The lowest BCUT2D eigenvalue weighted by atomic mass is 9.99. The Labute approximate surface area is 240 Å². The number of fused-ring (bicyclic) bond motifs is 1. The third-order valence-corrected chi connectivity index (χ3v) is 6.92. The highest BCUT2D eigenvalue weighted by Crippen LogP contribution is 2.28. The van der Waals surface area contributed by atoms with Gasteiger partial charge in [-0.25, -0.2) is 23.5 Å². The molecule has 1 N–H and O–H groups in total. The molecule has 5 aromatic rings. The number of carbonyl (C=O) groups is 1. The van der Waals surface area contributed by atoms with Crippen LogP contribution in [0.1, 0.15) is 38.4 Å². The van der Waals surface area contributed by atoms with E-state index in [0.717, 1.165) is 11.6 Å². The number of benzene rings is 3. The minimum atomic E-state index is -1.03. The molecule has 0 fully saturated rings. The largest absolute Gasteiger partial charge is 0.478 e. The minimum absolute atomic E-state index is 0.105. The first-order chi connectivity index (χ1) is 20.3. The second kappa shape index (κ2) is 12.2. The molecule has 0 aliphatic carbocycles. The molecule has 0 unspecified atom stereocenters. The molecule has 8 nitrogen and oxygen atoms in total. The van der Waals surface area contributed by atoms with Gasteiger partial charge in [0.15, 0.2) is 0 Å². The van der Waals surface area contributed by atoms with Gasteiger partial charge < -0.3 is 19.1 Å². The number of hydrogen-bond donors (Lipinski definition) is 1. The summed E-state index contributed by atoms with van der Waals surface area (Å²) in [6.45, 7) is 2.61. The van der Waals surface area contributed by atoms with Crippen LogP contribution in [0.5, 0.6) is 5.88 Å². The molecule has 42 heavy (non-hydrogen) atoms. The van der Waals surface area contributed by atoms with E-state index in [4.69, 9.17) is 19.7 Å². The summed E-state index contributed by atoms with van der Waals surface area (Å²) < 4.78 is 42.6. The number of pyridine rings is 1. The van der Waals surface area contributed by atoms with Crippen LogP contribution in [-0.2, 0) is 24.3 Å². The first-order valence-corrected chi connectivity index (χ1v) is 13.1. The van der Waals surface area contributed by atoms with Gasteiger partial charge in [-0.3, -0.25) is 0 Å². The fraction of sp³-hybridized carbons (Fsp3) is 0.188. The van der Waals surface area contributed by atoms with Crippen molar-refractivity contribution >= 4 is 17.0 Å². The van der Waals surface area contributed by atoms with Crippen molar-refractivity contribution in [3.63, 3.8) is 0 Å². The summed E-state index contributed by atoms with van der Waals surface area (Å²) in [5.74, 6) is -1.21. The van der Waals surface area contributed by atoms with Crippen molar-refractivity contribution in [2.24, 2.45) is 0 Å². The van der Waals surface area contributed by atoms with Crippen molar-refractivity contribution in [1.82, 2.24) is 14.5 Å². The summed E-state index contributed by atoms with van der Waals surface area (Å²) in [6.07, 6.45) is 0.316. The van der Waals surface area contributed by atoms with E-state index >= 15 is 4.39 Å². The van der Waals surface area contributed by atoms with Crippen molar-refractivity contribution < 1.29 is 28.2 Å². The highest BCUT2D eigenvalue weighted by atomic mass is 19.1. The van der Waals surface area contributed by atoms with E-state index in [2.05, 4.69) is 4.98 Å². The van der Waals surface area contributed by atoms with Crippen LogP contribution in [-0.4, -0.2) is 39.3 Å². The number of nitriles is 1. The van der Waals surface area contributed by atoms with Crippen molar-refractivity contribution in [2.75, 3.05) is 13.7 Å². The Morgan fingerprint density at radius 3 is 2.60 bits per heavy atom. The van der Waals surface area contributed by atoms with E-state index in [0.29, 0.717) is 47.7 Å². The quantitative estimate of drug-likeness (QED) is 0.218. The van der Waals surface area contributed by atoms with Crippen LogP contribution in [0.15, 0.2) is 66.7 Å². The topological polar surface area (TPSA) is 110 Å². The molecule has 0 radical (unpaired) electrons. The van der Waals surface area contributed by atoms with Gasteiger partial charge in [0, 0.05) is 37.3 Å². The molecular formula is C32H26F2N4O4.